The van der Waals surface area contributed by atoms with Gasteiger partial charge in [-0.3, -0.25) is 0 Å². The minimum atomic E-state index is -0.279. The Morgan fingerprint density at radius 2 is 2.29 bits per heavy atom. The van der Waals surface area contributed by atoms with Gasteiger partial charge in [0.1, 0.15) is 17.9 Å². The van der Waals surface area contributed by atoms with Crippen molar-refractivity contribution in [1.82, 2.24) is 0 Å². The quantitative estimate of drug-likeness (QED) is 0.732. The van der Waals surface area contributed by atoms with Crippen LogP contribution < -0.4 is 4.74 Å². The first-order valence-electron chi connectivity index (χ1n) is 6.10. The van der Waals surface area contributed by atoms with Crippen LogP contribution in [0.1, 0.15) is 44.1 Å². The Bertz CT molecular complexity index is 399. The average molecular weight is 236 g/mol. The van der Waals surface area contributed by atoms with Gasteiger partial charge in [-0.1, -0.05) is 6.92 Å². The van der Waals surface area contributed by atoms with E-state index in [0.717, 1.165) is 30.4 Å². The zero-order valence-corrected chi connectivity index (χ0v) is 9.99. The van der Waals surface area contributed by atoms with E-state index >= 15 is 0 Å². The first-order valence-corrected chi connectivity index (χ1v) is 6.10. The van der Waals surface area contributed by atoms with Gasteiger partial charge in [0.2, 0.25) is 0 Å². The topological polar surface area (TPSA) is 26.3 Å². The van der Waals surface area contributed by atoms with Crippen molar-refractivity contribution < 1.29 is 13.9 Å². The highest BCUT2D eigenvalue weighted by atomic mass is 19.1. The second-order valence-electron chi connectivity index (χ2n) is 4.66. The van der Waals surface area contributed by atoms with Crippen molar-refractivity contribution in [3.8, 4) is 5.75 Å². The third kappa shape index (κ3) is 2.84. The number of rotatable bonds is 5. The zero-order chi connectivity index (χ0) is 12.3. The molecule has 1 fully saturated rings. The molecule has 1 atom stereocenters. The van der Waals surface area contributed by atoms with E-state index in [9.17, 15) is 9.18 Å². The number of hydrogen-bond donors (Lipinski definition) is 0. The zero-order valence-electron chi connectivity index (χ0n) is 9.99. The van der Waals surface area contributed by atoms with E-state index in [-0.39, 0.29) is 17.8 Å². The highest BCUT2D eigenvalue weighted by Crippen LogP contribution is 2.33. The van der Waals surface area contributed by atoms with Crippen LogP contribution in [0.2, 0.25) is 0 Å². The molecule has 0 aromatic heterocycles. The molecule has 1 aromatic rings. The third-order valence-electron chi connectivity index (χ3n) is 3.30. The Balaban J connectivity index is 2.19. The summed E-state index contributed by atoms with van der Waals surface area (Å²) in [6.07, 6.45) is 4.86. The van der Waals surface area contributed by atoms with Gasteiger partial charge in [0.15, 0.2) is 0 Å². The van der Waals surface area contributed by atoms with Crippen LogP contribution >= 0.6 is 0 Å². The Hall–Kier alpha value is -1.38. The van der Waals surface area contributed by atoms with Crippen molar-refractivity contribution >= 4 is 6.29 Å². The summed E-state index contributed by atoms with van der Waals surface area (Å²) in [7, 11) is 0. The number of benzene rings is 1. The second kappa shape index (κ2) is 5.30. The van der Waals surface area contributed by atoms with E-state index in [2.05, 4.69) is 0 Å². The standard InChI is InChI=1S/C14H17FO2/c1-10(7-8-16)13-9-11(15)5-6-14(13)17-12-3-2-4-12/h5-6,8-10,12H,2-4,7H2,1H3. The number of hydrogen-bond acceptors (Lipinski definition) is 2. The minimum Gasteiger partial charge on any atom is -0.490 e. The first kappa shape index (κ1) is 12.1. The van der Waals surface area contributed by atoms with Gasteiger partial charge in [-0.2, -0.15) is 0 Å². The number of carbonyl (C=O) groups excluding carboxylic acids is 1. The van der Waals surface area contributed by atoms with Gasteiger partial charge in [0.25, 0.3) is 0 Å². The molecule has 0 aliphatic heterocycles. The number of halogens is 1. The molecule has 1 unspecified atom stereocenters. The maximum absolute atomic E-state index is 13.2. The molecule has 0 saturated heterocycles. The van der Waals surface area contributed by atoms with Crippen molar-refractivity contribution in [2.24, 2.45) is 0 Å². The molecule has 2 rings (SSSR count). The molecule has 1 aliphatic carbocycles. The molecule has 1 aromatic carbocycles. The lowest BCUT2D eigenvalue weighted by Gasteiger charge is -2.28. The van der Waals surface area contributed by atoms with Crippen LogP contribution in [0.4, 0.5) is 4.39 Å². The van der Waals surface area contributed by atoms with Crippen molar-refractivity contribution in [2.75, 3.05) is 0 Å². The summed E-state index contributed by atoms with van der Waals surface area (Å²) >= 11 is 0. The monoisotopic (exact) mass is 236 g/mol. The third-order valence-corrected chi connectivity index (χ3v) is 3.30. The van der Waals surface area contributed by atoms with E-state index in [1.807, 2.05) is 6.92 Å². The Labute approximate surface area is 101 Å². The van der Waals surface area contributed by atoms with Crippen LogP contribution in [-0.2, 0) is 4.79 Å². The summed E-state index contributed by atoms with van der Waals surface area (Å²) in [6.45, 7) is 1.91. The minimum absolute atomic E-state index is 0.00160. The molecular weight excluding hydrogens is 219 g/mol. The first-order chi connectivity index (χ1) is 8.20. The molecule has 0 bridgehead atoms. The van der Waals surface area contributed by atoms with Crippen LogP contribution in [0.25, 0.3) is 0 Å². The fourth-order valence-electron chi connectivity index (χ4n) is 1.95. The molecule has 17 heavy (non-hydrogen) atoms. The molecule has 0 N–H and O–H groups in total. The van der Waals surface area contributed by atoms with Gasteiger partial charge in [0, 0.05) is 12.0 Å². The maximum Gasteiger partial charge on any atom is 0.123 e. The summed E-state index contributed by atoms with van der Waals surface area (Å²) in [6, 6.07) is 4.55. The number of aldehydes is 1. The van der Waals surface area contributed by atoms with Crippen molar-refractivity contribution in [2.45, 2.75) is 44.6 Å². The number of ether oxygens (including phenoxy) is 1. The Morgan fingerprint density at radius 3 is 2.88 bits per heavy atom. The molecule has 0 spiro atoms. The van der Waals surface area contributed by atoms with Crippen molar-refractivity contribution in [3.63, 3.8) is 0 Å². The van der Waals surface area contributed by atoms with Crippen LogP contribution in [0, 0.1) is 5.82 Å². The Kier molecular flexibility index (Phi) is 3.77. The predicted molar refractivity (Wildman–Crippen MR) is 63.8 cm³/mol. The van der Waals surface area contributed by atoms with Crippen molar-refractivity contribution in [3.05, 3.63) is 29.6 Å². The van der Waals surface area contributed by atoms with Gasteiger partial charge in [-0.15, -0.1) is 0 Å². The van der Waals surface area contributed by atoms with Gasteiger partial charge < -0.3 is 9.53 Å². The summed E-state index contributed by atoms with van der Waals surface area (Å²) in [5, 5.41) is 0. The second-order valence-corrected chi connectivity index (χ2v) is 4.66. The van der Waals surface area contributed by atoms with E-state index in [0.29, 0.717) is 6.42 Å². The molecule has 2 nitrogen and oxygen atoms in total. The molecule has 0 radical (unpaired) electrons. The SMILES string of the molecule is CC(CC=O)c1cc(F)ccc1OC1CCC1. The van der Waals surface area contributed by atoms with Gasteiger partial charge in [-0.25, -0.2) is 4.39 Å². The Morgan fingerprint density at radius 1 is 1.53 bits per heavy atom. The molecule has 1 saturated carbocycles. The maximum atomic E-state index is 13.2. The lowest BCUT2D eigenvalue weighted by Crippen LogP contribution is -2.25. The molecule has 92 valence electrons. The summed E-state index contributed by atoms with van der Waals surface area (Å²) in [5.41, 5.74) is 0.795. The summed E-state index contributed by atoms with van der Waals surface area (Å²) in [4.78, 5) is 10.5. The number of carbonyl (C=O) groups is 1. The lowest BCUT2D eigenvalue weighted by atomic mass is 9.94. The van der Waals surface area contributed by atoms with E-state index in [4.69, 9.17) is 4.74 Å². The predicted octanol–water partition coefficient (Wildman–Crippen LogP) is 3.45. The van der Waals surface area contributed by atoms with Crippen LogP contribution in [-0.4, -0.2) is 12.4 Å². The molecular formula is C14H17FO2. The molecule has 0 heterocycles. The fraction of sp³-hybridized carbons (Fsp3) is 0.500. The van der Waals surface area contributed by atoms with Gasteiger partial charge in [-0.05, 0) is 43.4 Å². The lowest BCUT2D eigenvalue weighted by molar-refractivity contribution is -0.108. The molecule has 1 aliphatic rings. The van der Waals surface area contributed by atoms with Crippen molar-refractivity contribution in [1.29, 1.82) is 0 Å². The van der Waals surface area contributed by atoms with Gasteiger partial charge >= 0.3 is 0 Å². The van der Waals surface area contributed by atoms with E-state index in [1.54, 1.807) is 6.07 Å². The normalized spacial score (nSPS) is 17.3. The highest BCUT2D eigenvalue weighted by molar-refractivity contribution is 5.52. The largest absolute Gasteiger partial charge is 0.490 e. The van der Waals surface area contributed by atoms with Crippen LogP contribution in [0.15, 0.2) is 18.2 Å². The molecule has 0 amide bonds. The fourth-order valence-corrected chi connectivity index (χ4v) is 1.95. The van der Waals surface area contributed by atoms with Gasteiger partial charge in [0.05, 0.1) is 6.10 Å². The highest BCUT2D eigenvalue weighted by Gasteiger charge is 2.21. The van der Waals surface area contributed by atoms with E-state index in [1.165, 1.54) is 18.6 Å². The smallest absolute Gasteiger partial charge is 0.123 e. The van der Waals surface area contributed by atoms with E-state index < -0.39 is 0 Å². The molecule has 3 heteroatoms. The average Bonchev–Trinajstić information content (AvgIpc) is 2.25. The van der Waals surface area contributed by atoms with Crippen LogP contribution in [0.3, 0.4) is 0 Å². The summed E-state index contributed by atoms with van der Waals surface area (Å²) < 4.78 is 19.1. The summed E-state index contributed by atoms with van der Waals surface area (Å²) in [5.74, 6) is 0.447. The van der Waals surface area contributed by atoms with Crippen LogP contribution in [0.5, 0.6) is 5.75 Å².